The van der Waals surface area contributed by atoms with Gasteiger partial charge in [0.1, 0.15) is 0 Å². The highest BCUT2D eigenvalue weighted by Gasteiger charge is 2.32. The maximum atomic E-state index is 12.4. The lowest BCUT2D eigenvalue weighted by molar-refractivity contribution is 0.103. The highest BCUT2D eigenvalue weighted by Crippen LogP contribution is 2.42. The van der Waals surface area contributed by atoms with Crippen LogP contribution in [-0.4, -0.2) is 5.78 Å². The molecule has 0 amide bonds. The van der Waals surface area contributed by atoms with E-state index in [1.54, 1.807) is 0 Å². The van der Waals surface area contributed by atoms with Gasteiger partial charge in [0.05, 0.1) is 0 Å². The van der Waals surface area contributed by atoms with Crippen molar-refractivity contribution in [3.63, 3.8) is 0 Å². The molecule has 0 unspecified atom stereocenters. The van der Waals surface area contributed by atoms with E-state index in [1.807, 2.05) is 36.4 Å². The Kier molecular flexibility index (Phi) is 1.99. The average molecular weight is 222 g/mol. The van der Waals surface area contributed by atoms with E-state index in [0.29, 0.717) is 0 Å². The van der Waals surface area contributed by atoms with Gasteiger partial charge in [-0.3, -0.25) is 4.79 Å². The Morgan fingerprint density at radius 1 is 1.12 bits per heavy atom. The number of allylic oxidation sites excluding steroid dienone is 5. The van der Waals surface area contributed by atoms with E-state index in [9.17, 15) is 4.79 Å². The summed E-state index contributed by atoms with van der Waals surface area (Å²) in [5.74, 6) is 0.149. The first-order chi connectivity index (χ1) is 8.09. The zero-order valence-corrected chi connectivity index (χ0v) is 10.0. The van der Waals surface area contributed by atoms with E-state index in [0.717, 1.165) is 22.3 Å². The molecule has 0 saturated heterocycles. The third-order valence-corrected chi connectivity index (χ3v) is 3.51. The molecule has 0 radical (unpaired) electrons. The number of benzene rings is 1. The maximum Gasteiger partial charge on any atom is 0.193 e. The summed E-state index contributed by atoms with van der Waals surface area (Å²) in [6.07, 6.45) is 8.20. The van der Waals surface area contributed by atoms with Gasteiger partial charge in [-0.2, -0.15) is 0 Å². The molecule has 1 aromatic carbocycles. The quantitative estimate of drug-likeness (QED) is 0.652. The molecule has 0 aliphatic heterocycles. The van der Waals surface area contributed by atoms with Gasteiger partial charge < -0.3 is 0 Å². The fraction of sp³-hybridized carbons (Fsp3) is 0.188. The summed E-state index contributed by atoms with van der Waals surface area (Å²) in [7, 11) is 0. The zero-order chi connectivity index (χ0) is 12.0. The maximum absolute atomic E-state index is 12.4. The van der Waals surface area contributed by atoms with Crippen molar-refractivity contribution in [3.8, 4) is 0 Å². The lowest BCUT2D eigenvalue weighted by Gasteiger charge is -2.31. The number of rotatable bonds is 0. The highest BCUT2D eigenvalue weighted by atomic mass is 16.1. The van der Waals surface area contributed by atoms with Crippen LogP contribution in [0.4, 0.5) is 0 Å². The first kappa shape index (κ1) is 10.3. The van der Waals surface area contributed by atoms with Crippen LogP contribution in [0.1, 0.15) is 29.8 Å². The van der Waals surface area contributed by atoms with Crippen molar-refractivity contribution in [2.24, 2.45) is 5.41 Å². The van der Waals surface area contributed by atoms with Crippen molar-refractivity contribution in [1.29, 1.82) is 0 Å². The highest BCUT2D eigenvalue weighted by molar-refractivity contribution is 6.17. The molecule has 1 nitrogen and oxygen atoms in total. The summed E-state index contributed by atoms with van der Waals surface area (Å²) in [4.78, 5) is 12.4. The molecule has 3 rings (SSSR count). The molecule has 0 atom stereocenters. The minimum absolute atomic E-state index is 0.0622. The summed E-state index contributed by atoms with van der Waals surface area (Å²) in [5, 5.41) is 0. The number of hydrogen-bond acceptors (Lipinski definition) is 1. The largest absolute Gasteiger partial charge is 0.289 e. The second-order valence-corrected chi connectivity index (χ2v) is 5.14. The molecule has 0 heterocycles. The molecule has 0 fully saturated rings. The molecular weight excluding hydrogens is 208 g/mol. The van der Waals surface area contributed by atoms with Crippen molar-refractivity contribution >= 4 is 11.9 Å². The lowest BCUT2D eigenvalue weighted by atomic mass is 9.71. The van der Waals surface area contributed by atoms with E-state index in [4.69, 9.17) is 0 Å². The van der Waals surface area contributed by atoms with Gasteiger partial charge in [-0.25, -0.2) is 0 Å². The minimum atomic E-state index is -0.0622. The molecule has 0 N–H and O–H groups in total. The van der Waals surface area contributed by atoms with Crippen LogP contribution < -0.4 is 0 Å². The molecule has 1 aromatic rings. The fourth-order valence-electron chi connectivity index (χ4n) is 2.50. The van der Waals surface area contributed by atoms with E-state index >= 15 is 0 Å². The van der Waals surface area contributed by atoms with Crippen LogP contribution in [-0.2, 0) is 0 Å². The zero-order valence-electron chi connectivity index (χ0n) is 10.0. The van der Waals surface area contributed by atoms with Crippen LogP contribution in [0.2, 0.25) is 0 Å². The van der Waals surface area contributed by atoms with E-state index < -0.39 is 0 Å². The normalized spacial score (nSPS) is 20.2. The Hall–Kier alpha value is -1.89. The van der Waals surface area contributed by atoms with E-state index in [2.05, 4.69) is 26.0 Å². The molecule has 0 spiro atoms. The summed E-state index contributed by atoms with van der Waals surface area (Å²) in [5.41, 5.74) is 3.76. The molecule has 0 aromatic heterocycles. The van der Waals surface area contributed by atoms with Gasteiger partial charge in [0, 0.05) is 16.6 Å². The first-order valence-electron chi connectivity index (χ1n) is 5.85. The molecule has 2 aliphatic rings. The van der Waals surface area contributed by atoms with Gasteiger partial charge in [-0.1, -0.05) is 56.3 Å². The number of carbonyl (C=O) groups is 1. The summed E-state index contributed by atoms with van der Waals surface area (Å²) < 4.78 is 0. The van der Waals surface area contributed by atoms with Crippen molar-refractivity contribution in [3.05, 3.63) is 64.8 Å². The average Bonchev–Trinajstić information content (AvgIpc) is 2.31. The van der Waals surface area contributed by atoms with Crippen LogP contribution in [0, 0.1) is 5.41 Å². The van der Waals surface area contributed by atoms with Gasteiger partial charge in [0.2, 0.25) is 0 Å². The first-order valence-corrected chi connectivity index (χ1v) is 5.85. The molecule has 17 heavy (non-hydrogen) atoms. The Labute approximate surface area is 101 Å². The number of hydrogen-bond donors (Lipinski definition) is 0. The van der Waals surface area contributed by atoms with Crippen LogP contribution >= 0.6 is 0 Å². The smallest absolute Gasteiger partial charge is 0.193 e. The fourth-order valence-corrected chi connectivity index (χ4v) is 2.50. The van der Waals surface area contributed by atoms with Gasteiger partial charge in [0.25, 0.3) is 0 Å². The standard InChI is InChI=1S/C16H14O/c1-16(2)9-5-8-13-14(16)10-11-6-3-4-7-12(11)15(13)17/h3-10H,1-2H3. The van der Waals surface area contributed by atoms with Crippen molar-refractivity contribution < 1.29 is 4.79 Å². The number of Topliss-reactive ketones (excluding diaryl/α,β-unsaturated/α-hetero) is 1. The predicted octanol–water partition coefficient (Wildman–Crippen LogP) is 3.79. The third-order valence-electron chi connectivity index (χ3n) is 3.51. The van der Waals surface area contributed by atoms with Crippen LogP contribution in [0.5, 0.6) is 0 Å². The van der Waals surface area contributed by atoms with Gasteiger partial charge >= 0.3 is 0 Å². The Balaban J connectivity index is 2.29. The van der Waals surface area contributed by atoms with E-state index in [1.165, 1.54) is 0 Å². The van der Waals surface area contributed by atoms with Crippen LogP contribution in [0.25, 0.3) is 6.08 Å². The Morgan fingerprint density at radius 2 is 1.88 bits per heavy atom. The topological polar surface area (TPSA) is 17.1 Å². The van der Waals surface area contributed by atoms with Crippen molar-refractivity contribution in [2.45, 2.75) is 13.8 Å². The lowest BCUT2D eigenvalue weighted by Crippen LogP contribution is -2.23. The minimum Gasteiger partial charge on any atom is -0.289 e. The monoisotopic (exact) mass is 222 g/mol. The molecular formula is C16H14O. The number of ketones is 1. The van der Waals surface area contributed by atoms with Gasteiger partial charge in [0.15, 0.2) is 5.78 Å². The Morgan fingerprint density at radius 3 is 2.71 bits per heavy atom. The van der Waals surface area contributed by atoms with Crippen molar-refractivity contribution in [1.82, 2.24) is 0 Å². The van der Waals surface area contributed by atoms with Crippen LogP contribution in [0.3, 0.4) is 0 Å². The molecule has 2 aliphatic carbocycles. The Bertz CT molecular complexity index is 598. The van der Waals surface area contributed by atoms with E-state index in [-0.39, 0.29) is 11.2 Å². The second kappa shape index (κ2) is 3.30. The van der Waals surface area contributed by atoms with Crippen molar-refractivity contribution in [2.75, 3.05) is 0 Å². The second-order valence-electron chi connectivity index (χ2n) is 5.14. The van der Waals surface area contributed by atoms with Gasteiger partial charge in [-0.15, -0.1) is 0 Å². The number of fused-ring (bicyclic) bond motifs is 2. The van der Waals surface area contributed by atoms with Gasteiger partial charge in [-0.05, 0) is 17.2 Å². The molecule has 1 heteroatoms. The summed E-state index contributed by atoms with van der Waals surface area (Å²) >= 11 is 0. The third kappa shape index (κ3) is 1.42. The molecule has 0 saturated carbocycles. The molecule has 0 bridgehead atoms. The molecule has 84 valence electrons. The van der Waals surface area contributed by atoms with Crippen LogP contribution in [0.15, 0.2) is 53.6 Å². The summed E-state index contributed by atoms with van der Waals surface area (Å²) in [6, 6.07) is 7.80. The predicted molar refractivity (Wildman–Crippen MR) is 69.8 cm³/mol. The summed E-state index contributed by atoms with van der Waals surface area (Å²) in [6.45, 7) is 4.28. The SMILES string of the molecule is CC1(C)C=CC=C2C(=O)c3ccccc3C=C21. The number of carbonyl (C=O) groups excluding carboxylic acids is 1.